The van der Waals surface area contributed by atoms with Crippen LogP contribution in [0.15, 0.2) is 198 Å². The molecule has 0 bridgehead atoms. The van der Waals surface area contributed by atoms with Crippen LogP contribution in [0, 0.1) is 13.8 Å². The number of hydrogen-bond donors (Lipinski definition) is 0. The second-order valence-corrected chi connectivity index (χ2v) is 12.2. The number of rotatable bonds is 11. The highest BCUT2D eigenvalue weighted by Crippen LogP contribution is 2.36. The van der Waals surface area contributed by atoms with Gasteiger partial charge in [-0.2, -0.15) is 10.2 Å². The van der Waals surface area contributed by atoms with Crippen molar-refractivity contribution >= 4 is 52.2 Å². The smallest absolute Gasteiger partial charge is 0.0652 e. The van der Waals surface area contributed by atoms with Crippen LogP contribution in [0.1, 0.15) is 22.3 Å². The lowest BCUT2D eigenvalue weighted by Crippen LogP contribution is -2.12. The Morgan fingerprint density at radius 1 is 0.333 bits per heavy atom. The van der Waals surface area contributed by atoms with Crippen molar-refractivity contribution in [2.45, 2.75) is 13.8 Å². The molecule has 0 aromatic heterocycles. The summed E-state index contributed by atoms with van der Waals surface area (Å²) in [5.41, 5.74) is 11.6. The van der Waals surface area contributed by atoms with E-state index in [4.69, 9.17) is 10.2 Å². The van der Waals surface area contributed by atoms with Crippen molar-refractivity contribution in [3.05, 3.63) is 210 Å². The topological polar surface area (TPSA) is 34.4 Å². The lowest BCUT2D eigenvalue weighted by molar-refractivity contribution is 1.09. The molecule has 51 heavy (non-hydrogen) atoms. The zero-order valence-corrected chi connectivity index (χ0v) is 28.8. The van der Waals surface area contributed by atoms with Gasteiger partial charge in [-0.1, -0.05) is 103 Å². The zero-order chi connectivity index (χ0) is 34.8. The third-order valence-electron chi connectivity index (χ3n) is 8.67. The van der Waals surface area contributed by atoms with Gasteiger partial charge >= 0.3 is 0 Å². The molecule has 0 unspecified atom stereocenters. The Bertz CT molecular complexity index is 2000. The molecule has 5 nitrogen and oxygen atoms in total. The summed E-state index contributed by atoms with van der Waals surface area (Å²) < 4.78 is 0. The van der Waals surface area contributed by atoms with E-state index in [1.54, 1.807) is 0 Å². The number of aryl methyl sites for hydroxylation is 2. The van der Waals surface area contributed by atoms with Gasteiger partial charge in [0.15, 0.2) is 0 Å². The van der Waals surface area contributed by atoms with Crippen LogP contribution in [0.25, 0.3) is 0 Å². The van der Waals surface area contributed by atoms with Gasteiger partial charge < -0.3 is 4.90 Å². The fraction of sp³-hybridized carbons (Fsp3) is 0.0435. The summed E-state index contributed by atoms with van der Waals surface area (Å²) in [5, 5.41) is 13.8. The molecule has 0 spiro atoms. The number of hydrogen-bond acceptors (Lipinski definition) is 5. The van der Waals surface area contributed by atoms with Gasteiger partial charge in [-0.15, -0.1) is 0 Å². The Labute approximate surface area is 300 Å². The third-order valence-corrected chi connectivity index (χ3v) is 8.67. The van der Waals surface area contributed by atoms with Crippen molar-refractivity contribution in [2.75, 3.05) is 14.9 Å². The Balaban J connectivity index is 1.19. The van der Waals surface area contributed by atoms with Crippen LogP contribution >= 0.6 is 0 Å². The fourth-order valence-corrected chi connectivity index (χ4v) is 5.99. The van der Waals surface area contributed by atoms with Gasteiger partial charge in [0.2, 0.25) is 0 Å². The van der Waals surface area contributed by atoms with E-state index >= 15 is 0 Å². The molecule has 0 atom stereocenters. The van der Waals surface area contributed by atoms with Gasteiger partial charge in [0.25, 0.3) is 0 Å². The molecule has 0 aliphatic rings. The van der Waals surface area contributed by atoms with Crippen molar-refractivity contribution in [1.82, 2.24) is 0 Å². The van der Waals surface area contributed by atoms with E-state index in [0.29, 0.717) is 0 Å². The van der Waals surface area contributed by atoms with Crippen LogP contribution in [0.3, 0.4) is 0 Å². The predicted octanol–water partition coefficient (Wildman–Crippen LogP) is 12.1. The maximum Gasteiger partial charge on any atom is 0.0652 e. The number of hydrazone groups is 2. The molecule has 5 heteroatoms. The number of benzene rings is 7. The van der Waals surface area contributed by atoms with Crippen molar-refractivity contribution in [3.8, 4) is 0 Å². The van der Waals surface area contributed by atoms with Crippen LogP contribution in [0.5, 0.6) is 0 Å². The summed E-state index contributed by atoms with van der Waals surface area (Å²) in [7, 11) is 0. The first-order chi connectivity index (χ1) is 25.1. The average molecular weight is 662 g/mol. The second kappa shape index (κ2) is 15.7. The molecular weight excluding hydrogens is 623 g/mol. The number of para-hydroxylation sites is 5. The van der Waals surface area contributed by atoms with Gasteiger partial charge in [0.05, 0.1) is 35.2 Å². The summed E-state index contributed by atoms with van der Waals surface area (Å²) in [6.07, 6.45) is 3.89. The summed E-state index contributed by atoms with van der Waals surface area (Å²) in [6.45, 7) is 4.28. The molecule has 0 aliphatic heterocycles. The molecule has 0 N–H and O–H groups in total. The SMILES string of the molecule is Cc1cc(N(c2ccccc2)c2ccc(C=NN(c3ccccc3)c3ccccc3)c(C)c2)ccc1C=NN(c1ccccc1)c1ccccc1. The highest BCUT2D eigenvalue weighted by molar-refractivity contribution is 5.88. The first-order valence-electron chi connectivity index (χ1n) is 17.1. The normalized spacial score (nSPS) is 11.2. The Morgan fingerprint density at radius 3 is 0.922 bits per heavy atom. The van der Waals surface area contributed by atoms with E-state index in [-0.39, 0.29) is 0 Å². The van der Waals surface area contributed by atoms with Crippen molar-refractivity contribution in [2.24, 2.45) is 10.2 Å². The molecule has 0 fully saturated rings. The van der Waals surface area contributed by atoms with Crippen molar-refractivity contribution < 1.29 is 0 Å². The quantitative estimate of drug-likeness (QED) is 0.102. The lowest BCUT2D eigenvalue weighted by atomic mass is 10.1. The minimum atomic E-state index is 1.00. The van der Waals surface area contributed by atoms with Crippen LogP contribution in [-0.2, 0) is 0 Å². The van der Waals surface area contributed by atoms with Crippen LogP contribution in [0.4, 0.5) is 39.8 Å². The van der Waals surface area contributed by atoms with Gasteiger partial charge in [0.1, 0.15) is 0 Å². The average Bonchev–Trinajstić information content (AvgIpc) is 3.19. The van der Waals surface area contributed by atoms with E-state index < -0.39 is 0 Å². The molecule has 7 aromatic carbocycles. The van der Waals surface area contributed by atoms with Crippen LogP contribution in [-0.4, -0.2) is 12.4 Å². The van der Waals surface area contributed by atoms with Crippen molar-refractivity contribution in [1.29, 1.82) is 0 Å². The van der Waals surface area contributed by atoms with E-state index in [2.05, 4.69) is 128 Å². The van der Waals surface area contributed by atoms with Gasteiger partial charge in [-0.3, -0.25) is 0 Å². The Morgan fingerprint density at radius 2 is 0.627 bits per heavy atom. The summed E-state index contributed by atoms with van der Waals surface area (Å²) in [6, 6.07) is 64.5. The predicted molar refractivity (Wildman–Crippen MR) is 216 cm³/mol. The molecule has 0 saturated heterocycles. The standard InChI is InChI=1S/C46H39N5/c1-36-32-45(30-28-38(36)34-47-50(41-20-10-4-11-21-41)42-22-12-5-13-23-42)49(40-18-8-3-9-19-40)46-31-29-39(37(2)33-46)35-48-51(43-24-14-6-15-25-43)44-26-16-7-17-27-44/h3-35H,1-2H3. The molecule has 0 radical (unpaired) electrons. The molecule has 248 valence electrons. The Hall–Kier alpha value is -6.72. The molecule has 7 rings (SSSR count). The first kappa shape index (κ1) is 32.8. The van der Waals surface area contributed by atoms with Crippen LogP contribution < -0.4 is 14.9 Å². The van der Waals surface area contributed by atoms with E-state index in [0.717, 1.165) is 62.1 Å². The van der Waals surface area contributed by atoms with E-state index in [1.807, 2.05) is 101 Å². The minimum absolute atomic E-state index is 1.00. The maximum atomic E-state index is 4.95. The molecule has 0 aliphatic carbocycles. The lowest BCUT2D eigenvalue weighted by Gasteiger charge is -2.27. The fourth-order valence-electron chi connectivity index (χ4n) is 5.99. The number of anilines is 7. The summed E-state index contributed by atoms with van der Waals surface area (Å²) in [5.74, 6) is 0. The van der Waals surface area contributed by atoms with Gasteiger partial charge in [-0.25, -0.2) is 10.0 Å². The van der Waals surface area contributed by atoms with Crippen molar-refractivity contribution in [3.63, 3.8) is 0 Å². The molecular formula is C46H39N5. The van der Waals surface area contributed by atoms with E-state index in [1.165, 1.54) is 0 Å². The zero-order valence-electron chi connectivity index (χ0n) is 28.8. The summed E-state index contributed by atoms with van der Waals surface area (Å²) in [4.78, 5) is 2.29. The minimum Gasteiger partial charge on any atom is -0.310 e. The second-order valence-electron chi connectivity index (χ2n) is 12.2. The largest absolute Gasteiger partial charge is 0.310 e. The maximum absolute atomic E-state index is 4.95. The van der Waals surface area contributed by atoms with Gasteiger partial charge in [-0.05, 0) is 121 Å². The monoisotopic (exact) mass is 661 g/mol. The highest BCUT2D eigenvalue weighted by atomic mass is 15.5. The van der Waals surface area contributed by atoms with Gasteiger partial charge in [0, 0.05) is 17.1 Å². The molecule has 0 amide bonds. The number of nitrogens with zero attached hydrogens (tertiary/aromatic N) is 5. The molecule has 0 heterocycles. The third kappa shape index (κ3) is 7.79. The Kier molecular flexibility index (Phi) is 10.1. The molecule has 7 aromatic rings. The van der Waals surface area contributed by atoms with Crippen LogP contribution in [0.2, 0.25) is 0 Å². The first-order valence-corrected chi connectivity index (χ1v) is 17.1. The highest BCUT2D eigenvalue weighted by Gasteiger charge is 2.15. The summed E-state index contributed by atoms with van der Waals surface area (Å²) >= 11 is 0. The molecule has 0 saturated carbocycles. The van der Waals surface area contributed by atoms with E-state index in [9.17, 15) is 0 Å².